The van der Waals surface area contributed by atoms with Crippen LogP contribution in [0.5, 0.6) is 0 Å². The van der Waals surface area contributed by atoms with E-state index in [4.69, 9.17) is 6.42 Å². The first-order chi connectivity index (χ1) is 11.2. The van der Waals surface area contributed by atoms with Crippen molar-refractivity contribution in [2.24, 2.45) is 4.99 Å². The maximum atomic E-state index is 12.0. The number of hydrogen-bond acceptors (Lipinski definition) is 3. The SMILES string of the molecule is C#Cc1cccc(NC(=O)CNC(=NC)NCC2CCCS2)c1.I. The number of amides is 1. The molecule has 1 amide bonds. The Kier molecular flexibility index (Phi) is 9.64. The number of carbonyl (C=O) groups is 1. The zero-order chi connectivity index (χ0) is 16.5. The largest absolute Gasteiger partial charge is 0.355 e. The molecule has 1 fully saturated rings. The molecule has 1 aliphatic heterocycles. The molecule has 1 aromatic carbocycles. The Hall–Kier alpha value is -1.40. The van der Waals surface area contributed by atoms with Gasteiger partial charge in [0.05, 0.1) is 6.54 Å². The highest BCUT2D eigenvalue weighted by atomic mass is 127. The van der Waals surface area contributed by atoms with E-state index in [-0.39, 0.29) is 36.4 Å². The summed E-state index contributed by atoms with van der Waals surface area (Å²) >= 11 is 1.98. The van der Waals surface area contributed by atoms with Crippen molar-refractivity contribution in [1.29, 1.82) is 0 Å². The van der Waals surface area contributed by atoms with Gasteiger partial charge in [-0.3, -0.25) is 9.79 Å². The van der Waals surface area contributed by atoms with E-state index in [0.29, 0.717) is 16.9 Å². The highest BCUT2D eigenvalue weighted by Gasteiger charge is 2.15. The second kappa shape index (κ2) is 11.2. The van der Waals surface area contributed by atoms with Crippen molar-refractivity contribution in [2.75, 3.05) is 31.2 Å². The fourth-order valence-electron chi connectivity index (χ4n) is 2.29. The minimum atomic E-state index is -0.141. The highest BCUT2D eigenvalue weighted by Crippen LogP contribution is 2.25. The highest BCUT2D eigenvalue weighted by molar-refractivity contribution is 14.0. The van der Waals surface area contributed by atoms with Crippen LogP contribution in [-0.2, 0) is 4.79 Å². The molecule has 0 saturated carbocycles. The molecule has 5 nitrogen and oxygen atoms in total. The number of anilines is 1. The fraction of sp³-hybridized carbons (Fsp3) is 0.412. The van der Waals surface area contributed by atoms with Crippen LogP contribution in [0, 0.1) is 12.3 Å². The number of thioether (sulfide) groups is 1. The number of benzene rings is 1. The van der Waals surface area contributed by atoms with E-state index < -0.39 is 0 Å². The minimum Gasteiger partial charge on any atom is -0.355 e. The van der Waals surface area contributed by atoms with Gasteiger partial charge in [0.2, 0.25) is 5.91 Å². The normalized spacial score (nSPS) is 16.7. The number of nitrogens with zero attached hydrogens (tertiary/aromatic N) is 1. The number of terminal acetylenes is 1. The van der Waals surface area contributed by atoms with Crippen LogP contribution >= 0.6 is 35.7 Å². The van der Waals surface area contributed by atoms with Gasteiger partial charge in [-0.05, 0) is 36.8 Å². The lowest BCUT2D eigenvalue weighted by Crippen LogP contribution is -2.43. The zero-order valence-corrected chi connectivity index (χ0v) is 16.8. The lowest BCUT2D eigenvalue weighted by atomic mass is 10.2. The van der Waals surface area contributed by atoms with Crippen LogP contribution in [0.2, 0.25) is 0 Å². The molecule has 0 radical (unpaired) electrons. The third kappa shape index (κ3) is 7.01. The van der Waals surface area contributed by atoms with Gasteiger partial charge in [-0.25, -0.2) is 0 Å². The Balaban J connectivity index is 0.00000288. The average molecular weight is 458 g/mol. The van der Waals surface area contributed by atoms with Crippen LogP contribution in [0.25, 0.3) is 0 Å². The molecule has 0 aliphatic carbocycles. The molecule has 1 saturated heterocycles. The fourth-order valence-corrected chi connectivity index (χ4v) is 3.49. The van der Waals surface area contributed by atoms with E-state index >= 15 is 0 Å². The Morgan fingerprint density at radius 3 is 2.96 bits per heavy atom. The summed E-state index contributed by atoms with van der Waals surface area (Å²) in [4.78, 5) is 16.1. The van der Waals surface area contributed by atoms with Crippen molar-refractivity contribution < 1.29 is 4.79 Å². The van der Waals surface area contributed by atoms with Gasteiger partial charge >= 0.3 is 0 Å². The smallest absolute Gasteiger partial charge is 0.243 e. The molecule has 3 N–H and O–H groups in total. The number of guanidine groups is 1. The second-order valence-corrected chi connectivity index (χ2v) is 6.62. The predicted octanol–water partition coefficient (Wildman–Crippen LogP) is 2.29. The van der Waals surface area contributed by atoms with Crippen molar-refractivity contribution in [1.82, 2.24) is 10.6 Å². The minimum absolute atomic E-state index is 0. The summed E-state index contributed by atoms with van der Waals surface area (Å²) in [5, 5.41) is 9.72. The van der Waals surface area contributed by atoms with Crippen LogP contribution < -0.4 is 16.0 Å². The number of halogens is 1. The molecule has 0 bridgehead atoms. The van der Waals surface area contributed by atoms with Crippen LogP contribution in [0.1, 0.15) is 18.4 Å². The monoisotopic (exact) mass is 458 g/mol. The van der Waals surface area contributed by atoms with Gasteiger partial charge in [0.1, 0.15) is 0 Å². The Morgan fingerprint density at radius 1 is 1.46 bits per heavy atom. The molecule has 1 aromatic rings. The standard InChI is InChI=1S/C17H22N4OS.HI/c1-3-13-6-4-7-14(10-13)21-16(22)12-20-17(18-2)19-11-15-8-5-9-23-15;/h1,4,6-7,10,15H,5,8-9,11-12H2,2H3,(H,21,22)(H2,18,19,20);1H. The predicted molar refractivity (Wildman–Crippen MR) is 113 cm³/mol. The van der Waals surface area contributed by atoms with E-state index in [1.54, 1.807) is 13.1 Å². The lowest BCUT2D eigenvalue weighted by Gasteiger charge is -2.14. The Bertz CT molecular complexity index is 609. The molecule has 1 heterocycles. The molecular formula is C17H23IN4OS. The third-order valence-corrected chi connectivity index (χ3v) is 4.87. The number of aliphatic imine (C=N–C) groups is 1. The summed E-state index contributed by atoms with van der Waals surface area (Å²) in [6.07, 6.45) is 7.87. The zero-order valence-electron chi connectivity index (χ0n) is 13.7. The number of hydrogen-bond donors (Lipinski definition) is 3. The topological polar surface area (TPSA) is 65.5 Å². The van der Waals surface area contributed by atoms with E-state index in [9.17, 15) is 4.79 Å². The van der Waals surface area contributed by atoms with Crippen molar-refractivity contribution in [3.05, 3.63) is 29.8 Å². The van der Waals surface area contributed by atoms with Crippen LogP contribution in [0.15, 0.2) is 29.3 Å². The number of nitrogens with one attached hydrogen (secondary N) is 3. The van der Waals surface area contributed by atoms with Crippen LogP contribution in [-0.4, -0.2) is 43.0 Å². The molecule has 0 spiro atoms. The van der Waals surface area contributed by atoms with Gasteiger partial charge in [0.15, 0.2) is 5.96 Å². The van der Waals surface area contributed by atoms with Gasteiger partial charge in [-0.15, -0.1) is 30.4 Å². The molecular weight excluding hydrogens is 435 g/mol. The molecule has 2 rings (SSSR count). The van der Waals surface area contributed by atoms with E-state index in [0.717, 1.165) is 12.1 Å². The number of carbonyl (C=O) groups excluding carboxylic acids is 1. The van der Waals surface area contributed by atoms with Crippen LogP contribution in [0.4, 0.5) is 5.69 Å². The third-order valence-electron chi connectivity index (χ3n) is 3.47. The van der Waals surface area contributed by atoms with Crippen molar-refractivity contribution in [2.45, 2.75) is 18.1 Å². The quantitative estimate of drug-likeness (QED) is 0.274. The number of rotatable bonds is 5. The summed E-state index contributed by atoms with van der Waals surface area (Å²) in [5.74, 6) is 4.28. The Labute approximate surface area is 164 Å². The summed E-state index contributed by atoms with van der Waals surface area (Å²) in [6.45, 7) is 1.02. The van der Waals surface area contributed by atoms with E-state index in [1.165, 1.54) is 18.6 Å². The van der Waals surface area contributed by atoms with Gasteiger partial charge in [-0.2, -0.15) is 11.8 Å². The average Bonchev–Trinajstić information content (AvgIpc) is 3.08. The lowest BCUT2D eigenvalue weighted by molar-refractivity contribution is -0.115. The summed E-state index contributed by atoms with van der Waals surface area (Å²) in [6, 6.07) is 7.21. The second-order valence-electron chi connectivity index (χ2n) is 5.22. The van der Waals surface area contributed by atoms with Gasteiger partial charge in [0.25, 0.3) is 0 Å². The maximum Gasteiger partial charge on any atom is 0.243 e. The molecule has 1 atom stereocenters. The molecule has 130 valence electrons. The summed E-state index contributed by atoms with van der Waals surface area (Å²) < 4.78 is 0. The van der Waals surface area contributed by atoms with E-state index in [2.05, 4.69) is 26.9 Å². The molecule has 0 aromatic heterocycles. The van der Waals surface area contributed by atoms with E-state index in [1.807, 2.05) is 30.0 Å². The van der Waals surface area contributed by atoms with Gasteiger partial charge in [-0.1, -0.05) is 12.0 Å². The van der Waals surface area contributed by atoms with Crippen molar-refractivity contribution in [3.8, 4) is 12.3 Å². The van der Waals surface area contributed by atoms with Crippen LogP contribution in [0.3, 0.4) is 0 Å². The first-order valence-corrected chi connectivity index (χ1v) is 8.69. The van der Waals surface area contributed by atoms with Crippen molar-refractivity contribution in [3.63, 3.8) is 0 Å². The van der Waals surface area contributed by atoms with Crippen molar-refractivity contribution >= 4 is 53.3 Å². The first-order valence-electron chi connectivity index (χ1n) is 7.64. The van der Waals surface area contributed by atoms with Gasteiger partial charge < -0.3 is 16.0 Å². The molecule has 24 heavy (non-hydrogen) atoms. The van der Waals surface area contributed by atoms with Gasteiger partial charge in [0, 0.05) is 30.1 Å². The summed E-state index contributed by atoms with van der Waals surface area (Å²) in [7, 11) is 1.70. The molecule has 1 aliphatic rings. The molecule has 7 heteroatoms. The molecule has 1 unspecified atom stereocenters. The Morgan fingerprint density at radius 2 is 2.29 bits per heavy atom. The maximum absolute atomic E-state index is 12.0. The summed E-state index contributed by atoms with van der Waals surface area (Å²) in [5.41, 5.74) is 1.43. The first kappa shape index (κ1) is 20.6.